The van der Waals surface area contributed by atoms with Crippen molar-refractivity contribution in [2.24, 2.45) is 0 Å². The van der Waals surface area contributed by atoms with Gasteiger partial charge in [0.1, 0.15) is 0 Å². The number of anilines is 2. The van der Waals surface area contributed by atoms with Crippen LogP contribution in [0.5, 0.6) is 0 Å². The summed E-state index contributed by atoms with van der Waals surface area (Å²) >= 11 is 0. The summed E-state index contributed by atoms with van der Waals surface area (Å²) in [6.07, 6.45) is 1.74. The summed E-state index contributed by atoms with van der Waals surface area (Å²) in [6, 6.07) is 10.9. The van der Waals surface area contributed by atoms with Crippen molar-refractivity contribution in [3.05, 3.63) is 53.9 Å². The Kier molecular flexibility index (Phi) is 4.55. The number of nitrogen functional groups attached to an aromatic ring is 1. The summed E-state index contributed by atoms with van der Waals surface area (Å²) in [7, 11) is 0. The standard InChI is InChI=1S/C15H18N4O/c1-2-17-15(20)13-7-6-11(16)9-14(13)19-10-12-5-3-4-8-18-12/h3-9,19H,2,10,16H2,1H3,(H,17,20). The van der Waals surface area contributed by atoms with Gasteiger partial charge in [0.25, 0.3) is 5.91 Å². The van der Waals surface area contributed by atoms with Gasteiger partial charge in [0.2, 0.25) is 0 Å². The molecule has 5 heteroatoms. The molecule has 0 radical (unpaired) electrons. The third-order valence-corrected chi connectivity index (χ3v) is 2.81. The number of hydrogen-bond donors (Lipinski definition) is 3. The molecule has 2 rings (SSSR count). The first-order valence-electron chi connectivity index (χ1n) is 6.52. The number of nitrogens with one attached hydrogen (secondary N) is 2. The molecule has 0 aliphatic rings. The fraction of sp³-hybridized carbons (Fsp3) is 0.200. The largest absolute Gasteiger partial charge is 0.399 e. The van der Waals surface area contributed by atoms with Crippen molar-refractivity contribution >= 4 is 17.3 Å². The van der Waals surface area contributed by atoms with Gasteiger partial charge in [-0.25, -0.2) is 0 Å². The highest BCUT2D eigenvalue weighted by atomic mass is 16.1. The van der Waals surface area contributed by atoms with E-state index >= 15 is 0 Å². The summed E-state index contributed by atoms with van der Waals surface area (Å²) in [5.41, 5.74) is 8.59. The van der Waals surface area contributed by atoms with E-state index in [1.54, 1.807) is 24.4 Å². The first-order valence-corrected chi connectivity index (χ1v) is 6.52. The lowest BCUT2D eigenvalue weighted by atomic mass is 10.1. The van der Waals surface area contributed by atoms with Gasteiger partial charge in [0.05, 0.1) is 17.8 Å². The van der Waals surface area contributed by atoms with Crippen molar-refractivity contribution in [3.63, 3.8) is 0 Å². The van der Waals surface area contributed by atoms with Crippen molar-refractivity contribution in [2.75, 3.05) is 17.6 Å². The number of benzene rings is 1. The molecule has 0 saturated heterocycles. The molecule has 1 aromatic carbocycles. The molecular formula is C15H18N4O. The van der Waals surface area contributed by atoms with E-state index in [1.807, 2.05) is 25.1 Å². The molecule has 0 saturated carbocycles. The lowest BCUT2D eigenvalue weighted by Crippen LogP contribution is -2.24. The number of aromatic nitrogens is 1. The Bertz CT molecular complexity index is 584. The molecule has 0 aliphatic carbocycles. The number of carbonyl (C=O) groups is 1. The Hall–Kier alpha value is -2.56. The summed E-state index contributed by atoms with van der Waals surface area (Å²) in [5.74, 6) is -0.115. The van der Waals surface area contributed by atoms with Gasteiger partial charge in [0, 0.05) is 24.1 Å². The quantitative estimate of drug-likeness (QED) is 0.726. The average Bonchev–Trinajstić information content (AvgIpc) is 2.46. The zero-order valence-electron chi connectivity index (χ0n) is 11.4. The molecule has 4 N–H and O–H groups in total. The Morgan fingerprint density at radius 2 is 2.15 bits per heavy atom. The van der Waals surface area contributed by atoms with Crippen LogP contribution < -0.4 is 16.4 Å². The fourth-order valence-corrected chi connectivity index (χ4v) is 1.85. The zero-order valence-corrected chi connectivity index (χ0v) is 11.4. The molecule has 0 unspecified atom stereocenters. The van der Waals surface area contributed by atoms with Gasteiger partial charge in [-0.05, 0) is 37.3 Å². The van der Waals surface area contributed by atoms with Crippen molar-refractivity contribution in [2.45, 2.75) is 13.5 Å². The second kappa shape index (κ2) is 6.56. The first-order chi connectivity index (χ1) is 9.70. The normalized spacial score (nSPS) is 10.1. The van der Waals surface area contributed by atoms with Crippen LogP contribution in [-0.2, 0) is 6.54 Å². The molecule has 0 spiro atoms. The van der Waals surface area contributed by atoms with Crippen LogP contribution in [0, 0.1) is 0 Å². The van der Waals surface area contributed by atoms with Gasteiger partial charge in [-0.1, -0.05) is 6.07 Å². The molecule has 104 valence electrons. The van der Waals surface area contributed by atoms with Gasteiger partial charge in [0.15, 0.2) is 0 Å². The number of hydrogen-bond acceptors (Lipinski definition) is 4. The molecule has 0 bridgehead atoms. The highest BCUT2D eigenvalue weighted by Gasteiger charge is 2.10. The predicted octanol–water partition coefficient (Wildman–Crippen LogP) is 2.03. The van der Waals surface area contributed by atoms with E-state index in [1.165, 1.54) is 0 Å². The number of pyridine rings is 1. The van der Waals surface area contributed by atoms with Gasteiger partial charge in [-0.2, -0.15) is 0 Å². The predicted molar refractivity (Wildman–Crippen MR) is 80.4 cm³/mol. The minimum absolute atomic E-state index is 0.115. The summed E-state index contributed by atoms with van der Waals surface area (Å²) in [6.45, 7) is 3.01. The van der Waals surface area contributed by atoms with Crippen LogP contribution in [0.1, 0.15) is 23.0 Å². The van der Waals surface area contributed by atoms with Crippen molar-refractivity contribution in [3.8, 4) is 0 Å². The van der Waals surface area contributed by atoms with E-state index in [4.69, 9.17) is 5.73 Å². The van der Waals surface area contributed by atoms with E-state index < -0.39 is 0 Å². The maximum Gasteiger partial charge on any atom is 0.253 e. The van der Waals surface area contributed by atoms with E-state index in [0.29, 0.717) is 30.0 Å². The van der Waals surface area contributed by atoms with Crippen LogP contribution in [0.3, 0.4) is 0 Å². The maximum absolute atomic E-state index is 12.0. The molecule has 0 atom stereocenters. The van der Waals surface area contributed by atoms with Crippen molar-refractivity contribution in [1.29, 1.82) is 0 Å². The molecule has 0 fully saturated rings. The highest BCUT2D eigenvalue weighted by Crippen LogP contribution is 2.20. The molecular weight excluding hydrogens is 252 g/mol. The van der Waals surface area contributed by atoms with Crippen molar-refractivity contribution < 1.29 is 4.79 Å². The van der Waals surface area contributed by atoms with Crippen LogP contribution in [-0.4, -0.2) is 17.4 Å². The Morgan fingerprint density at radius 1 is 1.30 bits per heavy atom. The number of carbonyl (C=O) groups excluding carboxylic acids is 1. The van der Waals surface area contributed by atoms with E-state index in [-0.39, 0.29) is 5.91 Å². The van der Waals surface area contributed by atoms with Crippen LogP contribution in [0.25, 0.3) is 0 Å². The zero-order chi connectivity index (χ0) is 14.4. The van der Waals surface area contributed by atoms with Crippen LogP contribution in [0.15, 0.2) is 42.6 Å². The third-order valence-electron chi connectivity index (χ3n) is 2.81. The number of rotatable bonds is 5. The Balaban J connectivity index is 2.17. The summed E-state index contributed by atoms with van der Waals surface area (Å²) < 4.78 is 0. The van der Waals surface area contributed by atoms with Crippen LogP contribution in [0.2, 0.25) is 0 Å². The van der Waals surface area contributed by atoms with E-state index in [0.717, 1.165) is 5.69 Å². The van der Waals surface area contributed by atoms with Gasteiger partial charge < -0.3 is 16.4 Å². The van der Waals surface area contributed by atoms with Gasteiger partial charge in [-0.3, -0.25) is 9.78 Å². The molecule has 5 nitrogen and oxygen atoms in total. The molecule has 0 aliphatic heterocycles. The lowest BCUT2D eigenvalue weighted by Gasteiger charge is -2.12. The molecule has 2 aromatic rings. The minimum atomic E-state index is -0.115. The van der Waals surface area contributed by atoms with Gasteiger partial charge >= 0.3 is 0 Å². The monoisotopic (exact) mass is 270 g/mol. The second-order valence-electron chi connectivity index (χ2n) is 4.34. The maximum atomic E-state index is 12.0. The van der Waals surface area contributed by atoms with Gasteiger partial charge in [-0.15, -0.1) is 0 Å². The van der Waals surface area contributed by atoms with Crippen LogP contribution >= 0.6 is 0 Å². The molecule has 1 amide bonds. The average molecular weight is 270 g/mol. The summed E-state index contributed by atoms with van der Waals surface area (Å²) in [5, 5.41) is 5.99. The smallest absolute Gasteiger partial charge is 0.253 e. The molecule has 1 heterocycles. The third kappa shape index (κ3) is 3.47. The number of nitrogens with zero attached hydrogens (tertiary/aromatic N) is 1. The topological polar surface area (TPSA) is 80.0 Å². The van der Waals surface area contributed by atoms with Crippen LogP contribution in [0.4, 0.5) is 11.4 Å². The molecule has 1 aromatic heterocycles. The Labute approximate surface area is 118 Å². The highest BCUT2D eigenvalue weighted by molar-refractivity contribution is 6.00. The SMILES string of the molecule is CCNC(=O)c1ccc(N)cc1NCc1ccccn1. The lowest BCUT2D eigenvalue weighted by molar-refractivity contribution is 0.0956. The fourth-order valence-electron chi connectivity index (χ4n) is 1.85. The van der Waals surface area contributed by atoms with E-state index in [9.17, 15) is 4.79 Å². The molecule has 20 heavy (non-hydrogen) atoms. The van der Waals surface area contributed by atoms with Crippen molar-refractivity contribution in [1.82, 2.24) is 10.3 Å². The minimum Gasteiger partial charge on any atom is -0.399 e. The summed E-state index contributed by atoms with van der Waals surface area (Å²) in [4.78, 5) is 16.2. The number of amides is 1. The second-order valence-corrected chi connectivity index (χ2v) is 4.34. The van der Waals surface area contributed by atoms with E-state index in [2.05, 4.69) is 15.6 Å². The Morgan fingerprint density at radius 3 is 2.85 bits per heavy atom. The number of nitrogens with two attached hydrogens (primary N) is 1. The first kappa shape index (κ1) is 13.9.